The topological polar surface area (TPSA) is 58.6 Å². The van der Waals surface area contributed by atoms with Gasteiger partial charge in [-0.25, -0.2) is 4.79 Å². The van der Waals surface area contributed by atoms with Crippen LogP contribution in [0.2, 0.25) is 10.0 Å². The van der Waals surface area contributed by atoms with E-state index < -0.39 is 0 Å². The van der Waals surface area contributed by atoms with Gasteiger partial charge < -0.3 is 15.0 Å². The summed E-state index contributed by atoms with van der Waals surface area (Å²) in [6.45, 7) is 1.00. The van der Waals surface area contributed by atoms with Crippen molar-refractivity contribution in [1.29, 1.82) is 0 Å². The summed E-state index contributed by atoms with van der Waals surface area (Å²) in [5.41, 5.74) is 0.432. The summed E-state index contributed by atoms with van der Waals surface area (Å²) in [4.78, 5) is 25.2. The second-order valence-corrected chi connectivity index (χ2v) is 5.63. The highest BCUT2D eigenvalue weighted by atomic mass is 35.5. The minimum atomic E-state index is -0.358. The molecule has 1 aromatic rings. The first-order valence-corrected chi connectivity index (χ1v) is 7.36. The van der Waals surface area contributed by atoms with E-state index in [4.69, 9.17) is 23.2 Å². The van der Waals surface area contributed by atoms with Gasteiger partial charge in [0.15, 0.2) is 0 Å². The molecule has 0 atom stereocenters. The van der Waals surface area contributed by atoms with Crippen molar-refractivity contribution in [2.45, 2.75) is 12.8 Å². The number of methoxy groups -OCH3 is 1. The fourth-order valence-corrected chi connectivity index (χ4v) is 2.79. The highest BCUT2D eigenvalue weighted by Gasteiger charge is 2.28. The Balaban J connectivity index is 1.95. The summed E-state index contributed by atoms with van der Waals surface area (Å²) >= 11 is 12.1. The molecule has 7 heteroatoms. The molecule has 2 amide bonds. The fraction of sp³-hybridized carbons (Fsp3) is 0.429. The first-order valence-electron chi connectivity index (χ1n) is 6.60. The molecular weight excluding hydrogens is 315 g/mol. The quantitative estimate of drug-likeness (QED) is 0.903. The van der Waals surface area contributed by atoms with Gasteiger partial charge in [0.25, 0.3) is 0 Å². The number of carbonyl (C=O) groups excluding carboxylic acids is 2. The molecular formula is C14H16Cl2N2O3. The number of para-hydroxylation sites is 1. The summed E-state index contributed by atoms with van der Waals surface area (Å²) in [6, 6.07) is 5.06. The van der Waals surface area contributed by atoms with E-state index in [0.29, 0.717) is 41.7 Å². The molecule has 114 valence electrons. The monoisotopic (exact) mass is 330 g/mol. The number of carbonyl (C=O) groups is 2. The number of hydrogen-bond acceptors (Lipinski definition) is 3. The summed E-state index contributed by atoms with van der Waals surface area (Å²) < 4.78 is 4.66. The number of benzene rings is 1. The lowest BCUT2D eigenvalue weighted by atomic mass is 9.96. The predicted molar refractivity (Wildman–Crippen MR) is 81.8 cm³/mol. The van der Waals surface area contributed by atoms with Crippen LogP contribution in [0.4, 0.5) is 10.5 Å². The molecule has 0 spiro atoms. The Bertz CT molecular complexity index is 523. The number of nitrogens with one attached hydrogen (secondary N) is 1. The van der Waals surface area contributed by atoms with Crippen LogP contribution in [0, 0.1) is 5.92 Å². The number of amides is 2. The molecule has 1 heterocycles. The molecule has 1 N–H and O–H groups in total. The van der Waals surface area contributed by atoms with Gasteiger partial charge >= 0.3 is 6.09 Å². The van der Waals surface area contributed by atoms with Gasteiger partial charge in [-0.3, -0.25) is 4.79 Å². The van der Waals surface area contributed by atoms with Gasteiger partial charge in [0.05, 0.1) is 22.8 Å². The smallest absolute Gasteiger partial charge is 0.409 e. The van der Waals surface area contributed by atoms with Gasteiger partial charge in [-0.2, -0.15) is 0 Å². The summed E-state index contributed by atoms with van der Waals surface area (Å²) in [6.07, 6.45) is 0.814. The normalized spacial score (nSPS) is 15.7. The molecule has 0 unspecified atom stereocenters. The van der Waals surface area contributed by atoms with Crippen LogP contribution in [0.1, 0.15) is 12.8 Å². The SMILES string of the molecule is COC(=O)N1CCC(C(=O)Nc2c(Cl)cccc2Cl)CC1. The molecule has 0 bridgehead atoms. The Labute approximate surface area is 133 Å². The molecule has 1 fully saturated rings. The van der Waals surface area contributed by atoms with Crippen LogP contribution < -0.4 is 5.32 Å². The highest BCUT2D eigenvalue weighted by molar-refractivity contribution is 6.39. The second kappa shape index (κ2) is 7.00. The number of anilines is 1. The maximum atomic E-state index is 12.3. The Kier molecular flexibility index (Phi) is 5.31. The molecule has 0 aromatic heterocycles. The Hall–Kier alpha value is -1.46. The second-order valence-electron chi connectivity index (χ2n) is 4.82. The molecule has 0 aliphatic carbocycles. The average Bonchev–Trinajstić information content (AvgIpc) is 2.50. The molecule has 1 aliphatic heterocycles. The molecule has 2 rings (SSSR count). The minimum absolute atomic E-state index is 0.130. The van der Waals surface area contributed by atoms with Gasteiger partial charge in [-0.05, 0) is 25.0 Å². The van der Waals surface area contributed by atoms with E-state index in [-0.39, 0.29) is 17.9 Å². The summed E-state index contributed by atoms with van der Waals surface area (Å²) in [5.74, 6) is -0.298. The first-order chi connectivity index (χ1) is 10.0. The van der Waals surface area contributed by atoms with Crippen LogP contribution >= 0.6 is 23.2 Å². The van der Waals surface area contributed by atoms with Crippen molar-refractivity contribution in [3.05, 3.63) is 28.2 Å². The van der Waals surface area contributed by atoms with E-state index in [1.165, 1.54) is 7.11 Å². The average molecular weight is 331 g/mol. The van der Waals surface area contributed by atoms with Crippen molar-refractivity contribution in [3.63, 3.8) is 0 Å². The van der Waals surface area contributed by atoms with Gasteiger partial charge in [0.1, 0.15) is 0 Å². The zero-order valence-corrected chi connectivity index (χ0v) is 13.1. The van der Waals surface area contributed by atoms with E-state index in [2.05, 4.69) is 10.1 Å². The largest absolute Gasteiger partial charge is 0.453 e. The standard InChI is InChI=1S/C14H16Cl2N2O3/c1-21-14(20)18-7-5-9(6-8-18)13(19)17-12-10(15)3-2-4-11(12)16/h2-4,9H,5-8H2,1H3,(H,17,19). The van der Waals surface area contributed by atoms with Crippen LogP contribution in [0.15, 0.2) is 18.2 Å². The van der Waals surface area contributed by atoms with Crippen LogP contribution in [0.5, 0.6) is 0 Å². The van der Waals surface area contributed by atoms with Crippen LogP contribution in [-0.2, 0) is 9.53 Å². The Morgan fingerprint density at radius 2 is 1.81 bits per heavy atom. The van der Waals surface area contributed by atoms with Crippen molar-refractivity contribution in [3.8, 4) is 0 Å². The third-order valence-electron chi connectivity index (χ3n) is 3.51. The van der Waals surface area contributed by atoms with Crippen molar-refractivity contribution < 1.29 is 14.3 Å². The van der Waals surface area contributed by atoms with E-state index in [9.17, 15) is 9.59 Å². The number of hydrogen-bond donors (Lipinski definition) is 1. The molecule has 1 saturated heterocycles. The number of piperidine rings is 1. The maximum Gasteiger partial charge on any atom is 0.409 e. The maximum absolute atomic E-state index is 12.3. The molecule has 0 saturated carbocycles. The van der Waals surface area contributed by atoms with E-state index in [1.54, 1.807) is 23.1 Å². The van der Waals surface area contributed by atoms with E-state index >= 15 is 0 Å². The number of ether oxygens (including phenoxy) is 1. The van der Waals surface area contributed by atoms with Gasteiger partial charge in [0, 0.05) is 19.0 Å². The zero-order chi connectivity index (χ0) is 15.4. The van der Waals surface area contributed by atoms with Gasteiger partial charge in [-0.1, -0.05) is 29.3 Å². The third-order valence-corrected chi connectivity index (χ3v) is 4.14. The summed E-state index contributed by atoms with van der Waals surface area (Å²) in [7, 11) is 1.35. The summed E-state index contributed by atoms with van der Waals surface area (Å²) in [5, 5.41) is 3.58. The van der Waals surface area contributed by atoms with Crippen LogP contribution in [-0.4, -0.2) is 37.1 Å². The number of likely N-dealkylation sites (tertiary alicyclic amines) is 1. The molecule has 1 aromatic carbocycles. The Morgan fingerprint density at radius 1 is 1.24 bits per heavy atom. The van der Waals surface area contributed by atoms with Crippen LogP contribution in [0.25, 0.3) is 0 Å². The number of halogens is 2. The fourth-order valence-electron chi connectivity index (χ4n) is 2.30. The lowest BCUT2D eigenvalue weighted by Gasteiger charge is -2.30. The number of nitrogens with zero attached hydrogens (tertiary/aromatic N) is 1. The lowest BCUT2D eigenvalue weighted by Crippen LogP contribution is -2.41. The molecule has 21 heavy (non-hydrogen) atoms. The minimum Gasteiger partial charge on any atom is -0.453 e. The number of rotatable bonds is 2. The predicted octanol–water partition coefficient (Wildman–Crippen LogP) is 3.41. The van der Waals surface area contributed by atoms with E-state index in [1.807, 2.05) is 0 Å². The third kappa shape index (κ3) is 3.80. The van der Waals surface area contributed by atoms with Crippen molar-refractivity contribution in [1.82, 2.24) is 4.90 Å². The lowest BCUT2D eigenvalue weighted by molar-refractivity contribution is -0.121. The van der Waals surface area contributed by atoms with Crippen LogP contribution in [0.3, 0.4) is 0 Å². The molecule has 5 nitrogen and oxygen atoms in total. The highest BCUT2D eigenvalue weighted by Crippen LogP contribution is 2.31. The zero-order valence-electron chi connectivity index (χ0n) is 11.6. The van der Waals surface area contributed by atoms with Crippen molar-refractivity contribution in [2.75, 3.05) is 25.5 Å². The van der Waals surface area contributed by atoms with Gasteiger partial charge in [-0.15, -0.1) is 0 Å². The Morgan fingerprint density at radius 3 is 2.33 bits per heavy atom. The van der Waals surface area contributed by atoms with Crippen molar-refractivity contribution in [2.24, 2.45) is 5.92 Å². The molecule has 1 aliphatic rings. The van der Waals surface area contributed by atoms with Crippen molar-refractivity contribution >= 4 is 40.9 Å². The first kappa shape index (κ1) is 15.9. The van der Waals surface area contributed by atoms with Gasteiger partial charge in [0.2, 0.25) is 5.91 Å². The van der Waals surface area contributed by atoms with E-state index in [0.717, 1.165) is 0 Å². The molecule has 0 radical (unpaired) electrons.